The Morgan fingerprint density at radius 3 is 0.939 bits per heavy atom. The molecule has 3 nitrogen and oxygen atoms in total. The fourth-order valence-electron chi connectivity index (χ4n) is 4.48. The molecular weight excluding hydrogens is 462 g/mol. The van der Waals surface area contributed by atoms with Crippen molar-refractivity contribution in [2.45, 2.75) is 173 Å². The molecule has 0 aliphatic carbocycles. The Balaban J connectivity index is 0. The van der Waals surface area contributed by atoms with E-state index in [1.165, 1.54) is 77.0 Å². The van der Waals surface area contributed by atoms with Gasteiger partial charge in [-0.25, -0.2) is 12.8 Å². The van der Waals surface area contributed by atoms with Crippen LogP contribution in [-0.4, -0.2) is 18.0 Å². The van der Waals surface area contributed by atoms with Crippen molar-refractivity contribution in [3.8, 4) is 0 Å². The van der Waals surface area contributed by atoms with Gasteiger partial charge in [0.05, 0.1) is 0 Å². The number of hydrogen-bond donors (Lipinski definition) is 0. The van der Waals surface area contributed by atoms with Crippen molar-refractivity contribution in [3.63, 3.8) is 0 Å². The minimum atomic E-state index is -4.90. The summed E-state index contributed by atoms with van der Waals surface area (Å²) < 4.78 is 49.3. The maximum atomic E-state index is 14.9. The third-order valence-corrected chi connectivity index (χ3v) is 8.06. The second-order valence-electron chi connectivity index (χ2n) is 9.91. The Labute approximate surface area is 249 Å². The van der Waals surface area contributed by atoms with E-state index in [1.54, 1.807) is 0 Å². The predicted molar refractivity (Wildman–Crippen MR) is 136 cm³/mol. The molecule has 0 aromatic carbocycles. The van der Waals surface area contributed by atoms with Gasteiger partial charge in [0.2, 0.25) is 0 Å². The van der Waals surface area contributed by atoms with Crippen molar-refractivity contribution in [2.75, 3.05) is 0 Å². The molecule has 33 heavy (non-hydrogen) atoms. The van der Waals surface area contributed by atoms with Gasteiger partial charge in [-0.15, -0.1) is 0 Å². The summed E-state index contributed by atoms with van der Waals surface area (Å²) in [5, 5.41) is -2.56. The van der Waals surface area contributed by atoms with Crippen molar-refractivity contribution in [3.05, 3.63) is 0 Å². The number of rotatable bonds is 25. The molecule has 0 amide bonds. The standard InChI is InChI=1S/C27H55FO3S.K/c1-3-5-7-9-11-12-13-14-15-16-17-18-19-20-22-24-26-27(28,32(29,30)31)25-23-21-10-8-6-4-2;/h3-26H2,1-2H3,(H,29,30,31);/q;+1/p-1. The molecule has 0 N–H and O–H groups in total. The van der Waals surface area contributed by atoms with Crippen molar-refractivity contribution < 1.29 is 68.7 Å². The van der Waals surface area contributed by atoms with Crippen LogP contribution in [0.25, 0.3) is 0 Å². The van der Waals surface area contributed by atoms with Crippen molar-refractivity contribution >= 4 is 10.1 Å². The maximum absolute atomic E-state index is 14.9. The molecule has 0 heterocycles. The quantitative estimate of drug-likeness (QED) is 0.0780. The molecule has 0 radical (unpaired) electrons. The smallest absolute Gasteiger partial charge is 0.745 e. The van der Waals surface area contributed by atoms with Crippen LogP contribution in [0.1, 0.15) is 168 Å². The second kappa shape index (κ2) is 25.1. The molecule has 0 saturated carbocycles. The maximum Gasteiger partial charge on any atom is 1.00 e. The summed E-state index contributed by atoms with van der Waals surface area (Å²) in [6.07, 6.45) is 24.9. The summed E-state index contributed by atoms with van der Waals surface area (Å²) in [6.45, 7) is 4.39. The van der Waals surface area contributed by atoms with Crippen molar-refractivity contribution in [2.24, 2.45) is 0 Å². The normalized spacial score (nSPS) is 13.6. The molecular formula is C27H54FKO3S. The molecule has 0 bridgehead atoms. The Bertz CT molecular complexity index is 502. The first-order chi connectivity index (χ1) is 15.4. The summed E-state index contributed by atoms with van der Waals surface area (Å²) in [4.78, 5) is 0. The number of alkyl halides is 1. The molecule has 0 spiro atoms. The van der Waals surface area contributed by atoms with Crippen LogP contribution in [-0.2, 0) is 10.1 Å². The number of hydrogen-bond acceptors (Lipinski definition) is 3. The number of halogens is 1. The summed E-state index contributed by atoms with van der Waals surface area (Å²) in [5.41, 5.74) is 0. The van der Waals surface area contributed by atoms with Gasteiger partial charge in [0.15, 0.2) is 5.00 Å². The first-order valence-electron chi connectivity index (χ1n) is 14.0. The molecule has 0 rings (SSSR count). The van der Waals surface area contributed by atoms with Crippen LogP contribution in [0.4, 0.5) is 4.39 Å². The Kier molecular flexibility index (Phi) is 27.9. The van der Waals surface area contributed by atoms with Crippen LogP contribution in [0.5, 0.6) is 0 Å². The molecule has 0 fully saturated rings. The molecule has 0 aromatic rings. The first-order valence-corrected chi connectivity index (χ1v) is 15.4. The Morgan fingerprint density at radius 2 is 0.727 bits per heavy atom. The molecule has 1 unspecified atom stereocenters. The van der Waals surface area contributed by atoms with Crippen molar-refractivity contribution in [1.29, 1.82) is 0 Å². The molecule has 0 aliphatic heterocycles. The van der Waals surface area contributed by atoms with Crippen LogP contribution in [0.15, 0.2) is 0 Å². The van der Waals surface area contributed by atoms with Gasteiger partial charge >= 0.3 is 51.4 Å². The largest absolute Gasteiger partial charge is 1.00 e. The van der Waals surface area contributed by atoms with E-state index in [0.717, 1.165) is 51.4 Å². The fourth-order valence-corrected chi connectivity index (χ4v) is 5.27. The zero-order chi connectivity index (χ0) is 24.0. The molecule has 194 valence electrons. The molecule has 1 atom stereocenters. The van der Waals surface area contributed by atoms with E-state index < -0.39 is 15.1 Å². The average Bonchev–Trinajstić information content (AvgIpc) is 2.75. The van der Waals surface area contributed by atoms with Crippen LogP contribution < -0.4 is 51.4 Å². The minimum absolute atomic E-state index is 0. The van der Waals surface area contributed by atoms with E-state index >= 15 is 0 Å². The van der Waals surface area contributed by atoms with Gasteiger partial charge in [-0.1, -0.05) is 142 Å². The molecule has 0 aromatic heterocycles. The summed E-state index contributed by atoms with van der Waals surface area (Å²) in [7, 11) is -4.90. The first kappa shape index (κ1) is 36.6. The summed E-state index contributed by atoms with van der Waals surface area (Å²) in [6, 6.07) is 0. The van der Waals surface area contributed by atoms with Gasteiger partial charge in [-0.05, 0) is 25.7 Å². The average molecular weight is 517 g/mol. The van der Waals surface area contributed by atoms with E-state index in [4.69, 9.17) is 0 Å². The van der Waals surface area contributed by atoms with Gasteiger partial charge in [0.25, 0.3) is 0 Å². The van der Waals surface area contributed by atoms with Crippen LogP contribution in [0.3, 0.4) is 0 Å². The van der Waals surface area contributed by atoms with Crippen LogP contribution in [0, 0.1) is 0 Å². The van der Waals surface area contributed by atoms with E-state index in [0.29, 0.717) is 12.8 Å². The van der Waals surface area contributed by atoms with Gasteiger partial charge < -0.3 is 4.55 Å². The molecule has 0 aliphatic rings. The zero-order valence-electron chi connectivity index (χ0n) is 22.5. The molecule has 6 heteroatoms. The minimum Gasteiger partial charge on any atom is -0.745 e. The van der Waals surface area contributed by atoms with E-state index in [-0.39, 0.29) is 64.2 Å². The third-order valence-electron chi connectivity index (χ3n) is 6.76. The summed E-state index contributed by atoms with van der Waals surface area (Å²) in [5.74, 6) is 0. The topological polar surface area (TPSA) is 57.2 Å². The van der Waals surface area contributed by atoms with Gasteiger partial charge in [-0.2, -0.15) is 0 Å². The van der Waals surface area contributed by atoms with E-state index in [1.807, 2.05) is 0 Å². The SMILES string of the molecule is CCCCCCCCCCCCCCCCCCC(F)(CCCCCCCC)S(=O)(=O)[O-].[K+]. The Morgan fingerprint density at radius 1 is 0.515 bits per heavy atom. The molecule has 0 saturated heterocycles. The summed E-state index contributed by atoms with van der Waals surface area (Å²) >= 11 is 0. The van der Waals surface area contributed by atoms with Crippen LogP contribution in [0.2, 0.25) is 0 Å². The predicted octanol–water partition coefficient (Wildman–Crippen LogP) is 6.60. The van der Waals surface area contributed by atoms with Crippen molar-refractivity contribution in [1.82, 2.24) is 0 Å². The van der Waals surface area contributed by atoms with E-state index in [2.05, 4.69) is 13.8 Å². The van der Waals surface area contributed by atoms with Gasteiger partial charge in [-0.3, -0.25) is 0 Å². The third kappa shape index (κ3) is 22.4. The monoisotopic (exact) mass is 516 g/mol. The number of unbranched alkanes of at least 4 members (excludes halogenated alkanes) is 20. The van der Waals surface area contributed by atoms with Gasteiger partial charge in [0.1, 0.15) is 10.1 Å². The Hall–Kier alpha value is 1.48. The zero-order valence-corrected chi connectivity index (χ0v) is 26.4. The van der Waals surface area contributed by atoms with Gasteiger partial charge in [0, 0.05) is 0 Å². The second-order valence-corrected chi connectivity index (χ2v) is 11.5. The van der Waals surface area contributed by atoms with E-state index in [9.17, 15) is 17.4 Å². The van der Waals surface area contributed by atoms with Crippen LogP contribution >= 0.6 is 0 Å². The fraction of sp³-hybridized carbons (Fsp3) is 1.00.